The van der Waals surface area contributed by atoms with Gasteiger partial charge in [-0.2, -0.15) is 0 Å². The van der Waals surface area contributed by atoms with Gasteiger partial charge < -0.3 is 10.1 Å². The molecule has 0 radical (unpaired) electrons. The van der Waals surface area contributed by atoms with Crippen molar-refractivity contribution >= 4 is 0 Å². The zero-order valence-electron chi connectivity index (χ0n) is 13.1. The molecule has 1 N–H and O–H groups in total. The summed E-state index contributed by atoms with van der Waals surface area (Å²) in [5.74, 6) is 0.854. The minimum atomic E-state index is 0.305. The van der Waals surface area contributed by atoms with E-state index in [1.807, 2.05) is 0 Å². The molecule has 0 aromatic rings. The fraction of sp³-hybridized carbons (Fsp3) is 1.00. The second-order valence-electron chi connectivity index (χ2n) is 6.38. The lowest BCUT2D eigenvalue weighted by Crippen LogP contribution is -2.61. The third-order valence-electron chi connectivity index (χ3n) is 4.74. The van der Waals surface area contributed by atoms with E-state index in [0.717, 1.165) is 12.5 Å². The molecule has 1 rings (SSSR count). The summed E-state index contributed by atoms with van der Waals surface area (Å²) in [6, 6.07) is 0.643. The first-order chi connectivity index (χ1) is 8.56. The fourth-order valence-corrected chi connectivity index (χ4v) is 2.97. The van der Waals surface area contributed by atoms with Crippen LogP contribution in [-0.4, -0.2) is 25.3 Å². The number of ether oxygens (including phenoxy) is 1. The Morgan fingerprint density at radius 1 is 1.28 bits per heavy atom. The Labute approximate surface area is 114 Å². The summed E-state index contributed by atoms with van der Waals surface area (Å²) in [4.78, 5) is 0. The summed E-state index contributed by atoms with van der Waals surface area (Å²) in [5, 5.41) is 3.78. The number of hydrogen-bond donors (Lipinski definition) is 1. The molecule has 2 nitrogen and oxygen atoms in total. The van der Waals surface area contributed by atoms with Gasteiger partial charge in [0.2, 0.25) is 0 Å². The zero-order chi connectivity index (χ0) is 13.6. The monoisotopic (exact) mass is 255 g/mol. The minimum Gasteiger partial charge on any atom is -0.378 e. The first-order valence-electron chi connectivity index (χ1n) is 7.91. The van der Waals surface area contributed by atoms with Crippen molar-refractivity contribution in [2.24, 2.45) is 11.3 Å². The first kappa shape index (κ1) is 16.0. The van der Waals surface area contributed by atoms with Crippen molar-refractivity contribution < 1.29 is 4.74 Å². The van der Waals surface area contributed by atoms with Crippen molar-refractivity contribution in [3.05, 3.63) is 0 Å². The quantitative estimate of drug-likeness (QED) is 0.672. The molecule has 0 aliphatic heterocycles. The Kier molecular flexibility index (Phi) is 6.65. The van der Waals surface area contributed by atoms with E-state index in [-0.39, 0.29) is 0 Å². The molecule has 0 aromatic carbocycles. The van der Waals surface area contributed by atoms with Crippen LogP contribution in [0.2, 0.25) is 0 Å². The van der Waals surface area contributed by atoms with Crippen LogP contribution in [0.25, 0.3) is 0 Å². The van der Waals surface area contributed by atoms with Gasteiger partial charge in [0.15, 0.2) is 0 Å². The van der Waals surface area contributed by atoms with E-state index in [0.29, 0.717) is 17.6 Å². The maximum absolute atomic E-state index is 5.78. The summed E-state index contributed by atoms with van der Waals surface area (Å²) >= 11 is 0. The molecule has 18 heavy (non-hydrogen) atoms. The number of nitrogens with one attached hydrogen (secondary N) is 1. The Hall–Kier alpha value is -0.0800. The lowest BCUT2D eigenvalue weighted by molar-refractivity contribution is -0.114. The molecule has 1 aliphatic carbocycles. The summed E-state index contributed by atoms with van der Waals surface area (Å²) in [6.07, 6.45) is 7.01. The molecule has 2 heteroatoms. The van der Waals surface area contributed by atoms with E-state index in [1.165, 1.54) is 38.6 Å². The molecule has 0 amide bonds. The molecule has 1 saturated carbocycles. The van der Waals surface area contributed by atoms with Crippen LogP contribution < -0.4 is 5.32 Å². The SMILES string of the molecule is CCCCC(CC)CNC1CC(OCC)C1(C)C. The standard InChI is InChI=1S/C16H33NO/c1-6-9-10-13(7-2)12-17-14-11-15(18-8-3)16(14,4)5/h13-15,17H,6-12H2,1-5H3. The minimum absolute atomic E-state index is 0.305. The molecule has 0 aromatic heterocycles. The van der Waals surface area contributed by atoms with Crippen molar-refractivity contribution in [2.75, 3.05) is 13.2 Å². The summed E-state index contributed by atoms with van der Waals surface area (Å²) in [5.41, 5.74) is 0.305. The lowest BCUT2D eigenvalue weighted by atomic mass is 9.64. The van der Waals surface area contributed by atoms with Crippen molar-refractivity contribution in [3.8, 4) is 0 Å². The molecular formula is C16H33NO. The second kappa shape index (κ2) is 7.49. The Morgan fingerprint density at radius 2 is 2.00 bits per heavy atom. The van der Waals surface area contributed by atoms with Gasteiger partial charge in [-0.05, 0) is 32.2 Å². The van der Waals surface area contributed by atoms with Crippen LogP contribution in [0.4, 0.5) is 0 Å². The van der Waals surface area contributed by atoms with E-state index in [1.54, 1.807) is 0 Å². The Bertz CT molecular complexity index is 227. The van der Waals surface area contributed by atoms with Gasteiger partial charge in [-0.15, -0.1) is 0 Å². The first-order valence-corrected chi connectivity index (χ1v) is 7.91. The molecule has 1 aliphatic rings. The van der Waals surface area contributed by atoms with Gasteiger partial charge in [0.1, 0.15) is 0 Å². The van der Waals surface area contributed by atoms with E-state index in [4.69, 9.17) is 4.74 Å². The van der Waals surface area contributed by atoms with Crippen LogP contribution in [0.5, 0.6) is 0 Å². The van der Waals surface area contributed by atoms with Crippen LogP contribution in [0.15, 0.2) is 0 Å². The molecular weight excluding hydrogens is 222 g/mol. The zero-order valence-corrected chi connectivity index (χ0v) is 13.1. The van der Waals surface area contributed by atoms with Crippen LogP contribution in [0.1, 0.15) is 66.7 Å². The third-order valence-corrected chi connectivity index (χ3v) is 4.74. The smallest absolute Gasteiger partial charge is 0.0655 e. The topological polar surface area (TPSA) is 21.3 Å². The van der Waals surface area contributed by atoms with Gasteiger partial charge in [-0.1, -0.05) is 47.0 Å². The predicted molar refractivity (Wildman–Crippen MR) is 78.9 cm³/mol. The molecule has 3 atom stereocenters. The molecule has 0 bridgehead atoms. The normalized spacial score (nSPS) is 27.8. The highest BCUT2D eigenvalue weighted by atomic mass is 16.5. The maximum Gasteiger partial charge on any atom is 0.0655 e. The van der Waals surface area contributed by atoms with Gasteiger partial charge in [-0.25, -0.2) is 0 Å². The molecule has 108 valence electrons. The molecule has 0 heterocycles. The van der Waals surface area contributed by atoms with Crippen LogP contribution in [-0.2, 0) is 4.74 Å². The average Bonchev–Trinajstić information content (AvgIpc) is 2.36. The molecule has 3 unspecified atom stereocenters. The Balaban J connectivity index is 2.27. The highest BCUT2D eigenvalue weighted by molar-refractivity contribution is 5.02. The Morgan fingerprint density at radius 3 is 2.50 bits per heavy atom. The summed E-state index contributed by atoms with van der Waals surface area (Å²) in [7, 11) is 0. The van der Waals surface area contributed by atoms with Gasteiger partial charge in [-0.3, -0.25) is 0 Å². The third kappa shape index (κ3) is 3.96. The van der Waals surface area contributed by atoms with E-state index >= 15 is 0 Å². The van der Waals surface area contributed by atoms with E-state index in [9.17, 15) is 0 Å². The van der Waals surface area contributed by atoms with E-state index in [2.05, 4.69) is 39.9 Å². The van der Waals surface area contributed by atoms with Crippen molar-refractivity contribution in [1.29, 1.82) is 0 Å². The van der Waals surface area contributed by atoms with Gasteiger partial charge >= 0.3 is 0 Å². The highest BCUT2D eigenvalue weighted by Gasteiger charge is 2.48. The summed E-state index contributed by atoms with van der Waals surface area (Å²) in [6.45, 7) is 13.4. The van der Waals surface area contributed by atoms with Gasteiger partial charge in [0.05, 0.1) is 6.10 Å². The molecule has 0 spiro atoms. The maximum atomic E-state index is 5.78. The van der Waals surface area contributed by atoms with Crippen molar-refractivity contribution in [3.63, 3.8) is 0 Å². The molecule has 0 saturated heterocycles. The molecule has 1 fully saturated rings. The largest absolute Gasteiger partial charge is 0.378 e. The average molecular weight is 255 g/mol. The van der Waals surface area contributed by atoms with Crippen molar-refractivity contribution in [1.82, 2.24) is 5.32 Å². The number of unbranched alkanes of at least 4 members (excludes halogenated alkanes) is 1. The number of hydrogen-bond acceptors (Lipinski definition) is 2. The fourth-order valence-electron chi connectivity index (χ4n) is 2.97. The van der Waals surface area contributed by atoms with E-state index < -0.39 is 0 Å². The van der Waals surface area contributed by atoms with Crippen LogP contribution in [0.3, 0.4) is 0 Å². The van der Waals surface area contributed by atoms with Gasteiger partial charge in [0.25, 0.3) is 0 Å². The predicted octanol–water partition coefficient (Wildman–Crippen LogP) is 4.00. The van der Waals surface area contributed by atoms with Gasteiger partial charge in [0, 0.05) is 18.1 Å². The second-order valence-corrected chi connectivity index (χ2v) is 6.38. The summed E-state index contributed by atoms with van der Waals surface area (Å²) < 4.78 is 5.78. The van der Waals surface area contributed by atoms with Crippen LogP contribution in [0, 0.1) is 11.3 Å². The highest BCUT2D eigenvalue weighted by Crippen LogP contribution is 2.42. The van der Waals surface area contributed by atoms with Crippen molar-refractivity contribution in [2.45, 2.75) is 78.9 Å². The lowest BCUT2D eigenvalue weighted by Gasteiger charge is -2.52. The van der Waals surface area contributed by atoms with Crippen LogP contribution >= 0.6 is 0 Å². The number of rotatable bonds is 9.